The minimum Gasteiger partial charge on any atom is -0.0888 e. The Kier molecular flexibility index (Phi) is 4.41. The van der Waals surface area contributed by atoms with Crippen LogP contribution in [0.4, 0.5) is 0 Å². The van der Waals surface area contributed by atoms with E-state index in [9.17, 15) is 0 Å². The first kappa shape index (κ1) is 22.8. The lowest BCUT2D eigenvalue weighted by molar-refractivity contribution is 0.794. The molecule has 42 heavy (non-hydrogen) atoms. The van der Waals surface area contributed by atoms with Crippen LogP contribution in [-0.2, 0) is 5.41 Å². The smallest absolute Gasteiger partial charge is 0.0725 e. The maximum atomic E-state index is 2.45. The highest BCUT2D eigenvalue weighted by atomic mass is 32.2. The molecule has 0 radical (unpaired) electrons. The molecule has 0 amide bonds. The lowest BCUT2D eigenvalue weighted by Crippen LogP contribution is -2.25. The summed E-state index contributed by atoms with van der Waals surface area (Å²) in [7, 11) is 0. The van der Waals surface area contributed by atoms with Gasteiger partial charge in [0.1, 0.15) is 0 Å². The van der Waals surface area contributed by atoms with Gasteiger partial charge < -0.3 is 0 Å². The lowest BCUT2D eigenvalue weighted by atomic mass is 9.70. The van der Waals surface area contributed by atoms with Crippen molar-refractivity contribution in [1.82, 2.24) is 0 Å². The van der Waals surface area contributed by atoms with E-state index in [-0.39, 0.29) is 5.41 Å². The fourth-order valence-electron chi connectivity index (χ4n) is 8.04. The molecular weight excluding hydrogens is 525 g/mol. The third kappa shape index (κ3) is 2.75. The monoisotopic (exact) mass is 548 g/mol. The first-order valence-electron chi connectivity index (χ1n) is 14.6. The second-order valence-electron chi connectivity index (χ2n) is 11.6. The molecule has 10 rings (SSSR count). The minimum absolute atomic E-state index is 0.290. The summed E-state index contributed by atoms with van der Waals surface area (Å²) in [4.78, 5) is 2.67. The lowest BCUT2D eigenvalue weighted by Gasteiger charge is -2.30. The first-order chi connectivity index (χ1) is 20.8. The van der Waals surface area contributed by atoms with E-state index in [0.717, 1.165) is 0 Å². The molecular formula is C41H24S. The van der Waals surface area contributed by atoms with Crippen LogP contribution in [0.3, 0.4) is 0 Å². The predicted octanol–water partition coefficient (Wildman–Crippen LogP) is 11.0. The van der Waals surface area contributed by atoms with Gasteiger partial charge in [-0.05, 0) is 96.4 Å². The van der Waals surface area contributed by atoms with Crippen LogP contribution in [-0.4, -0.2) is 0 Å². The van der Waals surface area contributed by atoms with Gasteiger partial charge in [-0.3, -0.25) is 0 Å². The van der Waals surface area contributed by atoms with Crippen molar-refractivity contribution >= 4 is 22.5 Å². The maximum Gasteiger partial charge on any atom is 0.0725 e. The number of fused-ring (bicyclic) bond motifs is 12. The molecule has 0 N–H and O–H groups in total. The number of rotatable bonds is 1. The normalized spacial score (nSPS) is 14.3. The van der Waals surface area contributed by atoms with E-state index in [2.05, 4.69) is 146 Å². The largest absolute Gasteiger partial charge is 0.0888 e. The molecule has 7 aromatic carbocycles. The molecule has 1 heteroatoms. The Balaban J connectivity index is 1.22. The predicted molar refractivity (Wildman–Crippen MR) is 175 cm³/mol. The summed E-state index contributed by atoms with van der Waals surface area (Å²) in [6, 6.07) is 54.6. The van der Waals surface area contributed by atoms with Crippen molar-refractivity contribution in [1.29, 1.82) is 0 Å². The van der Waals surface area contributed by atoms with E-state index in [1.807, 2.05) is 11.8 Å². The summed E-state index contributed by atoms with van der Waals surface area (Å²) in [6.45, 7) is 0. The van der Waals surface area contributed by atoms with Crippen molar-refractivity contribution < 1.29 is 0 Å². The van der Waals surface area contributed by atoms with E-state index in [1.54, 1.807) is 0 Å². The summed E-state index contributed by atoms with van der Waals surface area (Å²) < 4.78 is 0. The highest BCUT2D eigenvalue weighted by Gasteiger charge is 2.51. The van der Waals surface area contributed by atoms with Crippen LogP contribution in [0, 0.1) is 0 Å². The van der Waals surface area contributed by atoms with Gasteiger partial charge in [0.25, 0.3) is 0 Å². The second kappa shape index (κ2) is 8.12. The highest BCUT2D eigenvalue weighted by molar-refractivity contribution is 7.99. The second-order valence-corrected chi connectivity index (χ2v) is 12.7. The van der Waals surface area contributed by atoms with Crippen molar-refractivity contribution in [2.45, 2.75) is 15.2 Å². The van der Waals surface area contributed by atoms with Crippen LogP contribution >= 0.6 is 11.8 Å². The first-order valence-corrected chi connectivity index (χ1v) is 15.4. The van der Waals surface area contributed by atoms with Gasteiger partial charge in [0, 0.05) is 15.2 Å². The fraction of sp³-hybridized carbons (Fsp3) is 0.0244. The standard InChI is InChI=1S/C41H24S/c1-5-16-34-28(11-1)29-12-2-6-17-35(29)41(34)36-18-7-3-13-30(36)33-23-25(20-21-37(33)41)27-22-26-10-9-15-32-31-14-4-8-19-38(31)42-39(24-27)40(26)32/h1-24H. The van der Waals surface area contributed by atoms with Crippen LogP contribution in [0.15, 0.2) is 155 Å². The zero-order valence-electron chi connectivity index (χ0n) is 22.8. The van der Waals surface area contributed by atoms with Crippen LogP contribution in [0.25, 0.3) is 55.3 Å². The number of hydrogen-bond donors (Lipinski definition) is 0. The molecule has 0 aromatic heterocycles. The zero-order valence-corrected chi connectivity index (χ0v) is 23.6. The summed E-state index contributed by atoms with van der Waals surface area (Å²) in [5, 5.41) is 2.67. The number of benzene rings is 7. The van der Waals surface area contributed by atoms with Crippen LogP contribution in [0.1, 0.15) is 22.3 Å². The van der Waals surface area contributed by atoms with Gasteiger partial charge in [0.15, 0.2) is 0 Å². The third-order valence-electron chi connectivity index (χ3n) is 9.67. The van der Waals surface area contributed by atoms with Gasteiger partial charge in [0.2, 0.25) is 0 Å². The highest BCUT2D eigenvalue weighted by Crippen LogP contribution is 2.63. The van der Waals surface area contributed by atoms with E-state index in [4.69, 9.17) is 0 Å². The van der Waals surface area contributed by atoms with Crippen LogP contribution < -0.4 is 0 Å². The van der Waals surface area contributed by atoms with E-state index >= 15 is 0 Å². The Morgan fingerprint density at radius 1 is 0.357 bits per heavy atom. The van der Waals surface area contributed by atoms with E-state index in [0.29, 0.717) is 0 Å². The molecule has 0 atom stereocenters. The molecule has 0 saturated heterocycles. The van der Waals surface area contributed by atoms with E-state index in [1.165, 1.54) is 87.3 Å². The number of hydrogen-bond acceptors (Lipinski definition) is 1. The van der Waals surface area contributed by atoms with Crippen molar-refractivity contribution in [2.75, 3.05) is 0 Å². The van der Waals surface area contributed by atoms with Crippen molar-refractivity contribution in [3.05, 3.63) is 168 Å². The summed E-state index contributed by atoms with van der Waals surface area (Å²) >= 11 is 1.90. The van der Waals surface area contributed by atoms with Gasteiger partial charge in [0.05, 0.1) is 5.41 Å². The Morgan fingerprint density at radius 3 is 1.64 bits per heavy atom. The summed E-state index contributed by atoms with van der Waals surface area (Å²) in [5.74, 6) is 0. The Morgan fingerprint density at radius 2 is 0.929 bits per heavy atom. The maximum absolute atomic E-state index is 2.45. The third-order valence-corrected chi connectivity index (χ3v) is 10.8. The van der Waals surface area contributed by atoms with Crippen LogP contribution in [0.5, 0.6) is 0 Å². The average Bonchev–Trinajstić information content (AvgIpc) is 3.52. The van der Waals surface area contributed by atoms with Gasteiger partial charge in [-0.15, -0.1) is 0 Å². The molecule has 0 saturated carbocycles. The molecule has 194 valence electrons. The molecule has 0 unspecified atom stereocenters. The Labute approximate surface area is 249 Å². The van der Waals surface area contributed by atoms with Gasteiger partial charge in [-0.25, -0.2) is 0 Å². The average molecular weight is 549 g/mol. The molecule has 0 fully saturated rings. The molecule has 0 bridgehead atoms. The Bertz CT molecular complexity index is 2240. The van der Waals surface area contributed by atoms with Gasteiger partial charge in [-0.2, -0.15) is 0 Å². The molecule has 0 nitrogen and oxygen atoms in total. The molecule has 7 aromatic rings. The quantitative estimate of drug-likeness (QED) is 0.197. The van der Waals surface area contributed by atoms with Crippen molar-refractivity contribution in [2.24, 2.45) is 0 Å². The van der Waals surface area contributed by atoms with E-state index < -0.39 is 0 Å². The van der Waals surface area contributed by atoms with Crippen molar-refractivity contribution in [3.63, 3.8) is 0 Å². The minimum atomic E-state index is -0.290. The van der Waals surface area contributed by atoms with Crippen molar-refractivity contribution in [3.8, 4) is 44.5 Å². The van der Waals surface area contributed by atoms with Gasteiger partial charge >= 0.3 is 0 Å². The molecule has 2 aliphatic carbocycles. The zero-order chi connectivity index (χ0) is 27.4. The molecule has 1 spiro atoms. The molecule has 3 aliphatic rings. The van der Waals surface area contributed by atoms with Crippen LogP contribution in [0.2, 0.25) is 0 Å². The summed E-state index contributed by atoms with van der Waals surface area (Å²) in [5.41, 5.74) is 15.9. The molecule has 1 heterocycles. The fourth-order valence-corrected chi connectivity index (χ4v) is 9.22. The SMILES string of the molecule is c1ccc2c(c1)Sc1cc(-c3ccc4c(c3)-c3ccccc3C43c4ccccc4-c4ccccc43)cc3cccc-2c13. The van der Waals surface area contributed by atoms with Gasteiger partial charge in [-0.1, -0.05) is 133 Å². The summed E-state index contributed by atoms with van der Waals surface area (Å²) in [6.07, 6.45) is 0. The topological polar surface area (TPSA) is 0 Å². The molecule has 1 aliphatic heterocycles. The Hall–Kier alpha value is -4.85.